The molecule has 7 nitrogen and oxygen atoms in total. The molecule has 1 aromatic carbocycles. The Balaban J connectivity index is 1.18. The van der Waals surface area contributed by atoms with E-state index in [1.54, 1.807) is 6.07 Å². The molecule has 9 heteroatoms. The first-order valence-electron chi connectivity index (χ1n) is 12.6. The molecule has 1 spiro atoms. The molecule has 4 aliphatic rings. The van der Waals surface area contributed by atoms with Crippen LogP contribution in [0.1, 0.15) is 44.9 Å². The molecule has 1 aliphatic carbocycles. The summed E-state index contributed by atoms with van der Waals surface area (Å²) >= 11 is 12.2. The molecule has 3 aliphatic heterocycles. The van der Waals surface area contributed by atoms with Crippen molar-refractivity contribution in [2.75, 3.05) is 50.7 Å². The predicted molar refractivity (Wildman–Crippen MR) is 133 cm³/mol. The summed E-state index contributed by atoms with van der Waals surface area (Å²) in [4.78, 5) is 35.1. The quantitative estimate of drug-likeness (QED) is 0.658. The molecule has 4 fully saturated rings. The number of aliphatic hydroxyl groups is 1. The molecule has 1 unspecified atom stereocenters. The molecule has 0 radical (unpaired) electrons. The molecular formula is C25H34Cl2N4O3. The predicted octanol–water partition coefficient (Wildman–Crippen LogP) is 3.85. The zero-order chi connectivity index (χ0) is 23.9. The summed E-state index contributed by atoms with van der Waals surface area (Å²) in [5, 5.41) is 10.9. The molecule has 34 heavy (non-hydrogen) atoms. The van der Waals surface area contributed by atoms with Gasteiger partial charge >= 0.3 is 6.03 Å². The van der Waals surface area contributed by atoms with Gasteiger partial charge in [-0.25, -0.2) is 4.79 Å². The number of nitrogens with zero attached hydrogens (tertiary/aromatic N) is 4. The standard InChI is InChI=1S/C25H34Cl2N4O3/c26-21-7-4-19(16-22(21)27)28-12-14-29(15-13-28)24(34)30-10-1-8-25(17-30)9-11-31(23(25)33)18-2-5-20(32)6-3-18/h4,7,16,18,20,32H,1-3,5-6,8-15,17H2/t18-,20-,25?. The number of amides is 3. The first-order chi connectivity index (χ1) is 16.4. The van der Waals surface area contributed by atoms with Crippen molar-refractivity contribution < 1.29 is 14.7 Å². The number of piperazine rings is 1. The molecule has 3 saturated heterocycles. The molecule has 3 amide bonds. The number of urea groups is 1. The average Bonchev–Trinajstić information content (AvgIpc) is 3.16. The van der Waals surface area contributed by atoms with Crippen LogP contribution in [0.15, 0.2) is 18.2 Å². The second-order valence-corrected chi connectivity index (χ2v) is 11.2. The van der Waals surface area contributed by atoms with Crippen LogP contribution in [0.5, 0.6) is 0 Å². The Morgan fingerprint density at radius 2 is 1.65 bits per heavy atom. The number of rotatable bonds is 2. The number of carbonyl (C=O) groups excluding carboxylic acids is 2. The number of aliphatic hydroxyl groups excluding tert-OH is 1. The Bertz CT molecular complexity index is 931. The van der Waals surface area contributed by atoms with Gasteiger partial charge in [-0.2, -0.15) is 0 Å². The number of hydrogen-bond acceptors (Lipinski definition) is 4. The first-order valence-corrected chi connectivity index (χ1v) is 13.3. The van der Waals surface area contributed by atoms with Gasteiger partial charge in [0.05, 0.1) is 21.6 Å². The van der Waals surface area contributed by atoms with Gasteiger partial charge in [0.2, 0.25) is 5.91 Å². The lowest BCUT2D eigenvalue weighted by Gasteiger charge is -2.43. The van der Waals surface area contributed by atoms with Crippen LogP contribution < -0.4 is 4.90 Å². The van der Waals surface area contributed by atoms with E-state index in [9.17, 15) is 14.7 Å². The van der Waals surface area contributed by atoms with Crippen molar-refractivity contribution in [3.05, 3.63) is 28.2 Å². The van der Waals surface area contributed by atoms with Gasteiger partial charge in [-0.15, -0.1) is 0 Å². The van der Waals surface area contributed by atoms with Gasteiger partial charge in [-0.1, -0.05) is 23.2 Å². The molecule has 0 bridgehead atoms. The van der Waals surface area contributed by atoms with Crippen LogP contribution in [-0.2, 0) is 4.79 Å². The summed E-state index contributed by atoms with van der Waals surface area (Å²) in [7, 11) is 0. The number of likely N-dealkylation sites (tertiary alicyclic amines) is 2. The summed E-state index contributed by atoms with van der Waals surface area (Å²) in [5.41, 5.74) is 0.594. The minimum atomic E-state index is -0.425. The number of halogens is 2. The van der Waals surface area contributed by atoms with Crippen molar-refractivity contribution in [3.63, 3.8) is 0 Å². The van der Waals surface area contributed by atoms with Crippen LogP contribution in [-0.4, -0.2) is 89.7 Å². The van der Waals surface area contributed by atoms with E-state index in [0.29, 0.717) is 29.7 Å². The fourth-order valence-corrected chi connectivity index (χ4v) is 6.57. The van der Waals surface area contributed by atoms with E-state index in [1.165, 1.54) is 0 Å². The fourth-order valence-electron chi connectivity index (χ4n) is 6.28. The number of piperidine rings is 1. The van der Waals surface area contributed by atoms with Crippen molar-refractivity contribution in [3.8, 4) is 0 Å². The Hall–Kier alpha value is -1.70. The number of hydrogen-bond donors (Lipinski definition) is 1. The van der Waals surface area contributed by atoms with Crippen LogP contribution in [0.25, 0.3) is 0 Å². The number of anilines is 1. The zero-order valence-corrected chi connectivity index (χ0v) is 21.1. The molecule has 186 valence electrons. The summed E-state index contributed by atoms with van der Waals surface area (Å²) in [6.45, 7) is 4.80. The van der Waals surface area contributed by atoms with Gasteiger partial charge in [-0.05, 0) is 63.1 Å². The molecule has 3 heterocycles. The monoisotopic (exact) mass is 508 g/mol. The Kier molecular flexibility index (Phi) is 6.88. The van der Waals surface area contributed by atoms with E-state index in [1.807, 2.05) is 21.9 Å². The highest BCUT2D eigenvalue weighted by molar-refractivity contribution is 6.42. The van der Waals surface area contributed by atoms with Gasteiger partial charge in [0.25, 0.3) is 0 Å². The maximum atomic E-state index is 13.5. The minimum absolute atomic E-state index is 0.0555. The molecule has 0 aromatic heterocycles. The highest BCUT2D eigenvalue weighted by atomic mass is 35.5. The van der Waals surface area contributed by atoms with Crippen molar-refractivity contribution >= 4 is 40.8 Å². The van der Waals surface area contributed by atoms with Gasteiger partial charge in [0, 0.05) is 57.5 Å². The maximum absolute atomic E-state index is 13.5. The molecule has 1 N–H and O–H groups in total. The van der Waals surface area contributed by atoms with E-state index in [-0.39, 0.29) is 24.1 Å². The largest absolute Gasteiger partial charge is 0.393 e. The lowest BCUT2D eigenvalue weighted by Crippen LogP contribution is -2.57. The summed E-state index contributed by atoms with van der Waals surface area (Å²) in [6, 6.07) is 5.95. The van der Waals surface area contributed by atoms with Gasteiger partial charge < -0.3 is 24.7 Å². The maximum Gasteiger partial charge on any atom is 0.320 e. The van der Waals surface area contributed by atoms with Crippen molar-refractivity contribution in [1.29, 1.82) is 0 Å². The number of benzene rings is 1. The molecule has 1 saturated carbocycles. The van der Waals surface area contributed by atoms with Crippen molar-refractivity contribution in [2.24, 2.45) is 5.41 Å². The van der Waals surface area contributed by atoms with Crippen molar-refractivity contribution in [1.82, 2.24) is 14.7 Å². The first kappa shape index (κ1) is 24.0. The van der Waals surface area contributed by atoms with E-state index >= 15 is 0 Å². The topological polar surface area (TPSA) is 67.3 Å². The van der Waals surface area contributed by atoms with Crippen LogP contribution in [0.4, 0.5) is 10.5 Å². The van der Waals surface area contributed by atoms with E-state index < -0.39 is 5.41 Å². The summed E-state index contributed by atoms with van der Waals surface area (Å²) in [6.07, 6.45) is 5.68. The Labute approximate surface area is 211 Å². The van der Waals surface area contributed by atoms with E-state index in [0.717, 1.165) is 76.8 Å². The van der Waals surface area contributed by atoms with Gasteiger partial charge in [-0.3, -0.25) is 4.79 Å². The smallest absolute Gasteiger partial charge is 0.320 e. The normalized spacial score (nSPS) is 30.4. The molecule has 1 atom stereocenters. The van der Waals surface area contributed by atoms with E-state index in [2.05, 4.69) is 9.80 Å². The minimum Gasteiger partial charge on any atom is -0.393 e. The third-order valence-corrected chi connectivity index (χ3v) is 9.06. The highest BCUT2D eigenvalue weighted by Gasteiger charge is 2.51. The van der Waals surface area contributed by atoms with Gasteiger partial charge in [0.15, 0.2) is 0 Å². The summed E-state index contributed by atoms with van der Waals surface area (Å²) < 4.78 is 0. The third kappa shape index (κ3) is 4.59. The second-order valence-electron chi connectivity index (χ2n) is 10.4. The van der Waals surface area contributed by atoms with Crippen LogP contribution in [0, 0.1) is 5.41 Å². The van der Waals surface area contributed by atoms with Gasteiger partial charge in [0.1, 0.15) is 0 Å². The third-order valence-electron chi connectivity index (χ3n) is 8.32. The summed E-state index contributed by atoms with van der Waals surface area (Å²) in [5.74, 6) is 0.232. The average molecular weight is 509 g/mol. The van der Waals surface area contributed by atoms with Crippen LogP contribution >= 0.6 is 23.2 Å². The highest BCUT2D eigenvalue weighted by Crippen LogP contribution is 2.42. The van der Waals surface area contributed by atoms with Crippen molar-refractivity contribution in [2.45, 2.75) is 57.1 Å². The molecule has 5 rings (SSSR count). The SMILES string of the molecule is O=C(N1CCN(c2ccc(Cl)c(Cl)c2)CC1)N1CCCC2(CCN([C@H]3CC[C@H](O)CC3)C2=O)C1. The lowest BCUT2D eigenvalue weighted by molar-refractivity contribution is -0.141. The number of carbonyl (C=O) groups is 2. The Morgan fingerprint density at radius 3 is 2.35 bits per heavy atom. The van der Waals surface area contributed by atoms with Crippen LogP contribution in [0.2, 0.25) is 10.0 Å². The zero-order valence-electron chi connectivity index (χ0n) is 19.6. The van der Waals surface area contributed by atoms with Crippen LogP contribution in [0.3, 0.4) is 0 Å². The molecular weight excluding hydrogens is 475 g/mol. The van der Waals surface area contributed by atoms with E-state index in [4.69, 9.17) is 23.2 Å². The molecule has 1 aromatic rings. The Morgan fingerprint density at radius 1 is 0.912 bits per heavy atom. The fraction of sp³-hybridized carbons (Fsp3) is 0.680. The second kappa shape index (κ2) is 9.75. The lowest BCUT2D eigenvalue weighted by atomic mass is 9.78.